The minimum Gasteiger partial charge on any atom is -0.462 e. The number of allylic oxidation sites excluding steroid dienone is 14. The van der Waals surface area contributed by atoms with Crippen molar-refractivity contribution >= 4 is 11.9 Å². The maximum atomic E-state index is 12.7. The highest BCUT2D eigenvalue weighted by Gasteiger charge is 2.44. The Bertz CT molecular complexity index is 1230. The SMILES string of the molecule is CC/C=C/C/C=C/C/C=C/C/C=C/C/C=C/CCCC(=O)O[C@@H](COC(=O)CCC/C=C/C/C=C/CCCCCCCCCCC)CO[C@H]1O[C@@H](CO)[C@@H](O)C(O)C1O. The molecule has 59 heavy (non-hydrogen) atoms. The van der Waals surface area contributed by atoms with Gasteiger partial charge in [0.05, 0.1) is 13.2 Å². The van der Waals surface area contributed by atoms with Gasteiger partial charge in [-0.2, -0.15) is 0 Å². The Labute approximate surface area is 356 Å². The normalized spacial score (nSPS) is 20.8. The van der Waals surface area contributed by atoms with Crippen LogP contribution >= 0.6 is 0 Å². The molecule has 0 radical (unpaired) electrons. The number of aliphatic hydroxyl groups excluding tert-OH is 4. The van der Waals surface area contributed by atoms with Gasteiger partial charge in [0.2, 0.25) is 0 Å². The van der Waals surface area contributed by atoms with Crippen molar-refractivity contribution in [1.29, 1.82) is 0 Å². The summed E-state index contributed by atoms with van der Waals surface area (Å²) in [5.74, 6) is -0.935. The Morgan fingerprint density at radius 1 is 0.542 bits per heavy atom. The minimum atomic E-state index is -1.62. The molecule has 1 saturated heterocycles. The van der Waals surface area contributed by atoms with E-state index in [1.165, 1.54) is 57.8 Å². The number of esters is 2. The van der Waals surface area contributed by atoms with E-state index in [0.717, 1.165) is 51.4 Å². The average molecular weight is 829 g/mol. The summed E-state index contributed by atoms with van der Waals surface area (Å²) in [6, 6.07) is 0. The van der Waals surface area contributed by atoms with Crippen LogP contribution in [0.15, 0.2) is 85.1 Å². The van der Waals surface area contributed by atoms with Crippen LogP contribution in [0, 0.1) is 0 Å². The highest BCUT2D eigenvalue weighted by molar-refractivity contribution is 5.70. The average Bonchev–Trinajstić information content (AvgIpc) is 3.23. The summed E-state index contributed by atoms with van der Waals surface area (Å²) in [6.45, 7) is 3.19. The van der Waals surface area contributed by atoms with Crippen molar-refractivity contribution in [1.82, 2.24) is 0 Å². The van der Waals surface area contributed by atoms with Crippen LogP contribution in [0.2, 0.25) is 0 Å². The van der Waals surface area contributed by atoms with E-state index in [1.54, 1.807) is 0 Å². The first-order valence-electron chi connectivity index (χ1n) is 22.7. The molecule has 0 aromatic carbocycles. The van der Waals surface area contributed by atoms with E-state index in [-0.39, 0.29) is 26.1 Å². The van der Waals surface area contributed by atoms with Gasteiger partial charge < -0.3 is 39.4 Å². The number of rotatable bonds is 36. The maximum Gasteiger partial charge on any atom is 0.306 e. The zero-order valence-electron chi connectivity index (χ0n) is 36.5. The molecule has 1 aliphatic heterocycles. The molecular formula is C49H80O10. The summed E-state index contributed by atoms with van der Waals surface area (Å²) in [5.41, 5.74) is 0. The number of hydrogen-bond acceptors (Lipinski definition) is 10. The van der Waals surface area contributed by atoms with Gasteiger partial charge in [-0.3, -0.25) is 9.59 Å². The molecular weight excluding hydrogens is 749 g/mol. The zero-order valence-corrected chi connectivity index (χ0v) is 36.5. The molecule has 0 amide bonds. The lowest BCUT2D eigenvalue weighted by atomic mass is 9.99. The van der Waals surface area contributed by atoms with Crippen LogP contribution in [0.3, 0.4) is 0 Å². The van der Waals surface area contributed by atoms with Gasteiger partial charge in [-0.1, -0.05) is 150 Å². The third-order valence-electron chi connectivity index (χ3n) is 9.76. The molecule has 2 unspecified atom stereocenters. The molecule has 10 nitrogen and oxygen atoms in total. The molecule has 1 heterocycles. The molecule has 0 saturated carbocycles. The lowest BCUT2D eigenvalue weighted by Gasteiger charge is -2.39. The first kappa shape index (κ1) is 53.9. The molecule has 0 aromatic heterocycles. The van der Waals surface area contributed by atoms with Crippen molar-refractivity contribution in [2.45, 2.75) is 192 Å². The molecule has 0 aromatic rings. The summed E-state index contributed by atoms with van der Waals surface area (Å²) in [6.07, 6.45) is 43.2. The first-order valence-corrected chi connectivity index (χ1v) is 22.7. The summed E-state index contributed by atoms with van der Waals surface area (Å²) in [5, 5.41) is 40.1. The van der Waals surface area contributed by atoms with Gasteiger partial charge in [0.1, 0.15) is 31.0 Å². The van der Waals surface area contributed by atoms with Crippen LogP contribution in [0.4, 0.5) is 0 Å². The molecule has 0 spiro atoms. The fourth-order valence-corrected chi connectivity index (χ4v) is 6.20. The number of unbranched alkanes of at least 4 members (excludes halogenated alkanes) is 11. The van der Waals surface area contributed by atoms with Crippen LogP contribution < -0.4 is 0 Å². The zero-order chi connectivity index (χ0) is 43.0. The van der Waals surface area contributed by atoms with Crippen molar-refractivity contribution in [3.05, 3.63) is 85.1 Å². The molecule has 0 bridgehead atoms. The van der Waals surface area contributed by atoms with Gasteiger partial charge in [-0.05, 0) is 77.0 Å². The van der Waals surface area contributed by atoms with E-state index in [1.807, 2.05) is 6.08 Å². The molecule has 1 rings (SSSR count). The maximum absolute atomic E-state index is 12.7. The Morgan fingerprint density at radius 2 is 1.00 bits per heavy atom. The van der Waals surface area contributed by atoms with Gasteiger partial charge >= 0.3 is 11.9 Å². The summed E-state index contributed by atoms with van der Waals surface area (Å²) in [7, 11) is 0. The Hall–Kier alpha value is -3.12. The fraction of sp³-hybridized carbons (Fsp3) is 0.673. The Balaban J connectivity index is 2.41. The number of aliphatic hydroxyl groups is 4. The summed E-state index contributed by atoms with van der Waals surface area (Å²) in [4.78, 5) is 25.3. The van der Waals surface area contributed by atoms with Gasteiger partial charge in [-0.15, -0.1) is 0 Å². The van der Waals surface area contributed by atoms with E-state index in [9.17, 15) is 30.0 Å². The highest BCUT2D eigenvalue weighted by atomic mass is 16.7. The van der Waals surface area contributed by atoms with Crippen LogP contribution in [-0.4, -0.2) is 89.0 Å². The van der Waals surface area contributed by atoms with Crippen molar-refractivity contribution < 1.29 is 49.0 Å². The van der Waals surface area contributed by atoms with Crippen LogP contribution in [0.1, 0.15) is 155 Å². The topological polar surface area (TPSA) is 152 Å². The van der Waals surface area contributed by atoms with Gasteiger partial charge in [0.15, 0.2) is 12.4 Å². The second kappa shape index (κ2) is 39.0. The number of carbonyl (C=O) groups excluding carboxylic acids is 2. The van der Waals surface area contributed by atoms with Gasteiger partial charge in [0.25, 0.3) is 0 Å². The van der Waals surface area contributed by atoms with E-state index in [4.69, 9.17) is 18.9 Å². The van der Waals surface area contributed by atoms with E-state index in [2.05, 4.69) is 92.8 Å². The second-order valence-electron chi connectivity index (χ2n) is 15.1. The monoisotopic (exact) mass is 829 g/mol. The van der Waals surface area contributed by atoms with E-state index in [0.29, 0.717) is 19.3 Å². The highest BCUT2D eigenvalue weighted by Crippen LogP contribution is 2.22. The lowest BCUT2D eigenvalue weighted by Crippen LogP contribution is -2.59. The van der Waals surface area contributed by atoms with Crippen LogP contribution in [0.5, 0.6) is 0 Å². The molecule has 0 aliphatic carbocycles. The third kappa shape index (κ3) is 30.5. The Kier molecular flexibility index (Phi) is 35.7. The smallest absolute Gasteiger partial charge is 0.306 e. The predicted molar refractivity (Wildman–Crippen MR) is 237 cm³/mol. The van der Waals surface area contributed by atoms with Gasteiger partial charge in [-0.25, -0.2) is 0 Å². The summed E-state index contributed by atoms with van der Waals surface area (Å²) < 4.78 is 22.0. The van der Waals surface area contributed by atoms with Gasteiger partial charge in [0, 0.05) is 12.8 Å². The number of carbonyl (C=O) groups is 2. The molecule has 336 valence electrons. The van der Waals surface area contributed by atoms with Crippen molar-refractivity contribution in [2.75, 3.05) is 19.8 Å². The number of ether oxygens (including phenoxy) is 4. The molecule has 1 fully saturated rings. The molecule has 1 aliphatic rings. The van der Waals surface area contributed by atoms with Crippen molar-refractivity contribution in [3.63, 3.8) is 0 Å². The van der Waals surface area contributed by atoms with Crippen molar-refractivity contribution in [2.24, 2.45) is 0 Å². The number of hydrogen-bond donors (Lipinski definition) is 4. The van der Waals surface area contributed by atoms with Crippen LogP contribution in [0.25, 0.3) is 0 Å². The second-order valence-corrected chi connectivity index (χ2v) is 15.1. The summed E-state index contributed by atoms with van der Waals surface area (Å²) >= 11 is 0. The van der Waals surface area contributed by atoms with Crippen molar-refractivity contribution in [3.8, 4) is 0 Å². The lowest BCUT2D eigenvalue weighted by molar-refractivity contribution is -0.305. The first-order chi connectivity index (χ1) is 28.8. The standard InChI is InChI=1S/C49H80O10/c1-3-5-7-9-11-13-15-17-19-21-23-25-27-29-31-33-35-37-44(51)56-40-42(41-57-49-48(55)47(54)46(53)43(39-50)59-49)58-45(52)38-36-34-32-30-28-26-24-22-20-18-16-14-12-10-8-6-4-2/h6,8,12,14,18,20,23-26,29-32,42-43,46-50,53-55H,3-5,7,9-11,13,15-17,19,21-22,27-28,33-41H2,1-2H3/b8-6+,14-12+,20-18+,25-23+,26-24+,31-29+,32-30+/t42-,43-,46+,47?,48?,49-/m0/s1. The Morgan fingerprint density at radius 3 is 1.51 bits per heavy atom. The quantitative estimate of drug-likeness (QED) is 0.0273. The van der Waals surface area contributed by atoms with E-state index >= 15 is 0 Å². The fourth-order valence-electron chi connectivity index (χ4n) is 6.20. The van der Waals surface area contributed by atoms with E-state index < -0.39 is 55.4 Å². The molecule has 6 atom stereocenters. The predicted octanol–water partition coefficient (Wildman–Crippen LogP) is 9.77. The minimum absolute atomic E-state index is 0.138. The largest absolute Gasteiger partial charge is 0.462 e. The third-order valence-corrected chi connectivity index (χ3v) is 9.76. The van der Waals surface area contributed by atoms with Crippen LogP contribution in [-0.2, 0) is 28.5 Å². The molecule has 10 heteroatoms. The molecule has 4 N–H and O–H groups in total.